The quantitative estimate of drug-likeness (QED) is 0.449. The Bertz CT molecular complexity index is 1350. The summed E-state index contributed by atoms with van der Waals surface area (Å²) in [6.07, 6.45) is 2.08. The molecule has 6 atom stereocenters. The lowest BCUT2D eigenvalue weighted by Gasteiger charge is -2.61. The van der Waals surface area contributed by atoms with Crippen LogP contribution in [0.5, 0.6) is 5.75 Å². The summed E-state index contributed by atoms with van der Waals surface area (Å²) in [6, 6.07) is 3.08. The van der Waals surface area contributed by atoms with Gasteiger partial charge in [0.1, 0.15) is 23.2 Å². The first-order valence-electron chi connectivity index (χ1n) is 14.7. The molecule has 3 unspecified atom stereocenters. The molecule has 8 nitrogen and oxygen atoms in total. The topological polar surface area (TPSA) is 143 Å². The van der Waals surface area contributed by atoms with Crippen molar-refractivity contribution < 1.29 is 39.0 Å². The number of hydrogen-bond acceptors (Lipinski definition) is 8. The molecule has 0 amide bonds. The van der Waals surface area contributed by atoms with Gasteiger partial charge in [-0.2, -0.15) is 0 Å². The summed E-state index contributed by atoms with van der Waals surface area (Å²) in [5.74, 6) is -8.57. The largest absolute Gasteiger partial charge is 0.507 e. The van der Waals surface area contributed by atoms with Crippen molar-refractivity contribution >= 4 is 34.7 Å². The molecule has 41 heavy (non-hydrogen) atoms. The van der Waals surface area contributed by atoms with E-state index < -0.39 is 69.0 Å². The molecule has 0 heterocycles. The highest BCUT2D eigenvalue weighted by Gasteiger charge is 2.76. The van der Waals surface area contributed by atoms with Gasteiger partial charge in [0, 0.05) is 24.2 Å². The predicted molar refractivity (Wildman–Crippen MR) is 150 cm³/mol. The van der Waals surface area contributed by atoms with Crippen molar-refractivity contribution in [2.45, 2.75) is 92.6 Å². The van der Waals surface area contributed by atoms with Gasteiger partial charge in [0.05, 0.1) is 11.5 Å². The Balaban J connectivity index is 1.82. The number of hydrogen-bond donors (Lipinski definition) is 2. The van der Waals surface area contributed by atoms with Crippen LogP contribution in [0.25, 0.3) is 0 Å². The van der Waals surface area contributed by atoms with Gasteiger partial charge in [-0.05, 0) is 67.1 Å². The Labute approximate surface area is 241 Å². The highest BCUT2D eigenvalue weighted by molar-refractivity contribution is 6.32. The van der Waals surface area contributed by atoms with E-state index >= 15 is 0 Å². The van der Waals surface area contributed by atoms with Crippen LogP contribution in [0.1, 0.15) is 95.6 Å². The number of ketones is 6. The smallest absolute Gasteiger partial charge is 0.190 e. The lowest BCUT2D eigenvalue weighted by Crippen LogP contribution is -2.76. The number of fused-ring (bicyclic) bond motifs is 3. The first kappa shape index (κ1) is 30.9. The fourth-order valence-corrected chi connectivity index (χ4v) is 8.28. The standard InChI is InChI=1S/C33H42O8/c1-16(2)8-11-20(35)12-9-19-10-13-22(36)24-21(19)14-31(6)15-32(7)25(17(3)4)27(37)23(18(5)34)29(39)33(32,41)30(40)26(31)28(24)38/h10,13,16-17,23,25-26,36,41H,8-9,11-12,14-15H2,1-7H3/t23?,25?,26?,31-,32-,33+/m1/s1. The summed E-state index contributed by atoms with van der Waals surface area (Å²) >= 11 is 0. The minimum Gasteiger partial charge on any atom is -0.507 e. The van der Waals surface area contributed by atoms with Gasteiger partial charge in [-0.25, -0.2) is 0 Å². The molecule has 1 aromatic rings. The molecule has 0 aromatic heterocycles. The number of rotatable bonds is 8. The molecule has 0 radical (unpaired) electrons. The molecule has 4 rings (SSSR count). The summed E-state index contributed by atoms with van der Waals surface area (Å²) < 4.78 is 0. The molecule has 0 saturated heterocycles. The minimum atomic E-state index is -2.71. The second-order valence-electron chi connectivity index (χ2n) is 13.9. The summed E-state index contributed by atoms with van der Waals surface area (Å²) in [5.41, 5.74) is -4.07. The number of benzene rings is 1. The molecule has 3 aliphatic rings. The Kier molecular flexibility index (Phi) is 7.83. The Morgan fingerprint density at radius 1 is 1.00 bits per heavy atom. The first-order valence-corrected chi connectivity index (χ1v) is 14.7. The number of aliphatic hydroxyl groups is 1. The molecular formula is C33H42O8. The molecule has 0 bridgehead atoms. The molecule has 0 spiro atoms. The van der Waals surface area contributed by atoms with Crippen LogP contribution in [-0.2, 0) is 36.8 Å². The van der Waals surface area contributed by atoms with Crippen LogP contribution in [0.2, 0.25) is 0 Å². The fraction of sp³-hybridized carbons (Fsp3) is 0.636. The zero-order valence-corrected chi connectivity index (χ0v) is 25.1. The van der Waals surface area contributed by atoms with Crippen molar-refractivity contribution in [1.82, 2.24) is 0 Å². The van der Waals surface area contributed by atoms with Gasteiger partial charge >= 0.3 is 0 Å². The van der Waals surface area contributed by atoms with Crippen LogP contribution >= 0.6 is 0 Å². The molecular weight excluding hydrogens is 524 g/mol. The molecule has 2 saturated carbocycles. The van der Waals surface area contributed by atoms with Crippen LogP contribution in [0.4, 0.5) is 0 Å². The van der Waals surface area contributed by atoms with E-state index in [0.29, 0.717) is 24.3 Å². The van der Waals surface area contributed by atoms with Crippen LogP contribution in [0.3, 0.4) is 0 Å². The van der Waals surface area contributed by atoms with Gasteiger partial charge in [0.2, 0.25) is 0 Å². The van der Waals surface area contributed by atoms with E-state index in [2.05, 4.69) is 13.8 Å². The molecule has 2 N–H and O–H groups in total. The van der Waals surface area contributed by atoms with E-state index in [1.54, 1.807) is 33.8 Å². The summed E-state index contributed by atoms with van der Waals surface area (Å²) in [7, 11) is 0. The Hall–Kier alpha value is -3.00. The summed E-state index contributed by atoms with van der Waals surface area (Å²) in [4.78, 5) is 80.7. The van der Waals surface area contributed by atoms with Crippen LogP contribution < -0.4 is 0 Å². The van der Waals surface area contributed by atoms with E-state index in [9.17, 15) is 39.0 Å². The molecule has 3 aliphatic carbocycles. The maximum atomic E-state index is 14.3. The number of aromatic hydroxyl groups is 1. The van der Waals surface area contributed by atoms with Crippen molar-refractivity contribution in [3.8, 4) is 5.75 Å². The monoisotopic (exact) mass is 566 g/mol. The van der Waals surface area contributed by atoms with Gasteiger partial charge in [-0.15, -0.1) is 0 Å². The third-order valence-electron chi connectivity index (χ3n) is 10.0. The summed E-state index contributed by atoms with van der Waals surface area (Å²) in [6.45, 7) is 12.0. The average Bonchev–Trinajstić information content (AvgIpc) is 2.84. The first-order chi connectivity index (χ1) is 18.9. The van der Waals surface area contributed by atoms with Crippen LogP contribution in [0.15, 0.2) is 12.1 Å². The molecule has 2 fully saturated rings. The predicted octanol–water partition coefficient (Wildman–Crippen LogP) is 4.03. The number of phenolic OH excluding ortho intramolecular Hbond substituents is 1. The van der Waals surface area contributed by atoms with Gasteiger partial charge < -0.3 is 10.2 Å². The van der Waals surface area contributed by atoms with E-state index in [1.807, 2.05) is 0 Å². The number of phenols is 1. The SMILES string of the molecule is CC(=O)C1C(=O)C(C(C)C)[C@@]2(C)C[C@@]3(C)Cc4c(CCC(=O)CCC(C)C)ccc(O)c4C(=O)C3C(=O)[C@@]2(O)C1=O. The van der Waals surface area contributed by atoms with Gasteiger partial charge in [-0.3, -0.25) is 28.8 Å². The maximum Gasteiger partial charge on any atom is 0.190 e. The Morgan fingerprint density at radius 2 is 1.63 bits per heavy atom. The van der Waals surface area contributed by atoms with Crippen LogP contribution in [-0.4, -0.2) is 50.5 Å². The van der Waals surface area contributed by atoms with Crippen LogP contribution in [0, 0.1) is 40.4 Å². The van der Waals surface area contributed by atoms with Crippen molar-refractivity contribution in [3.05, 3.63) is 28.8 Å². The molecule has 222 valence electrons. The summed E-state index contributed by atoms with van der Waals surface area (Å²) in [5, 5.41) is 22.8. The van der Waals surface area contributed by atoms with Crippen molar-refractivity contribution in [3.63, 3.8) is 0 Å². The second-order valence-corrected chi connectivity index (χ2v) is 13.9. The number of aryl methyl sites for hydroxylation is 1. The number of carbonyl (C=O) groups excluding carboxylic acids is 6. The van der Waals surface area contributed by atoms with E-state index in [1.165, 1.54) is 6.07 Å². The van der Waals surface area contributed by atoms with E-state index in [-0.39, 0.29) is 36.4 Å². The van der Waals surface area contributed by atoms with Crippen molar-refractivity contribution in [2.75, 3.05) is 0 Å². The lowest BCUT2D eigenvalue weighted by molar-refractivity contribution is -0.205. The fourth-order valence-electron chi connectivity index (χ4n) is 8.28. The minimum absolute atomic E-state index is 0.00541. The van der Waals surface area contributed by atoms with Gasteiger partial charge in [-0.1, -0.05) is 47.6 Å². The molecule has 8 heteroatoms. The highest BCUT2D eigenvalue weighted by Crippen LogP contribution is 2.63. The normalized spacial score (nSPS) is 33.1. The Morgan fingerprint density at radius 3 is 2.20 bits per heavy atom. The molecule has 1 aromatic carbocycles. The van der Waals surface area contributed by atoms with E-state index in [0.717, 1.165) is 18.9 Å². The zero-order chi connectivity index (χ0) is 30.8. The third-order valence-corrected chi connectivity index (χ3v) is 10.0. The second kappa shape index (κ2) is 10.4. The van der Waals surface area contributed by atoms with Crippen molar-refractivity contribution in [1.29, 1.82) is 0 Å². The average molecular weight is 567 g/mol. The van der Waals surface area contributed by atoms with Gasteiger partial charge in [0.25, 0.3) is 0 Å². The number of carbonyl (C=O) groups is 6. The third kappa shape index (κ3) is 4.53. The highest BCUT2D eigenvalue weighted by atomic mass is 16.3. The van der Waals surface area contributed by atoms with Crippen molar-refractivity contribution in [2.24, 2.45) is 40.4 Å². The maximum absolute atomic E-state index is 14.3. The van der Waals surface area contributed by atoms with E-state index in [4.69, 9.17) is 0 Å². The molecule has 0 aliphatic heterocycles. The zero-order valence-electron chi connectivity index (χ0n) is 25.1. The number of Topliss-reactive ketones (excluding diaryl/α,β-unsaturated/α-hetero) is 6. The lowest BCUT2D eigenvalue weighted by atomic mass is 9.40. The van der Waals surface area contributed by atoms with Gasteiger partial charge in [0.15, 0.2) is 28.7 Å².